The van der Waals surface area contributed by atoms with Crippen molar-refractivity contribution in [1.29, 1.82) is 0 Å². The zero-order valence-corrected chi connectivity index (χ0v) is 8.75. The average molecular weight is 257 g/mol. The largest absolute Gasteiger partial charge is 0.380 e. The SMILES string of the molecule is O=C(Cc1cccc(Cl)c1F)C(F)(F)Cl. The Morgan fingerprint density at radius 3 is 2.53 bits per heavy atom. The number of carbonyl (C=O) groups excluding carboxylic acids is 1. The van der Waals surface area contributed by atoms with Crippen molar-refractivity contribution in [3.8, 4) is 0 Å². The predicted molar refractivity (Wildman–Crippen MR) is 50.9 cm³/mol. The van der Waals surface area contributed by atoms with E-state index >= 15 is 0 Å². The molecule has 1 aromatic carbocycles. The minimum atomic E-state index is -3.98. The van der Waals surface area contributed by atoms with Crippen LogP contribution in [0.2, 0.25) is 5.02 Å². The summed E-state index contributed by atoms with van der Waals surface area (Å²) in [6.45, 7) is 0. The fourth-order valence-electron chi connectivity index (χ4n) is 0.958. The molecule has 0 spiro atoms. The van der Waals surface area contributed by atoms with Gasteiger partial charge in [0.25, 0.3) is 0 Å². The summed E-state index contributed by atoms with van der Waals surface area (Å²) in [5.41, 5.74) is -0.201. The molecule has 0 aliphatic carbocycles. The molecule has 1 nitrogen and oxygen atoms in total. The maximum Gasteiger partial charge on any atom is 0.380 e. The lowest BCUT2D eigenvalue weighted by molar-refractivity contribution is -0.132. The number of benzene rings is 1. The first-order chi connectivity index (χ1) is 6.82. The third-order valence-corrected chi connectivity index (χ3v) is 2.20. The topological polar surface area (TPSA) is 17.1 Å². The summed E-state index contributed by atoms with van der Waals surface area (Å²) < 4.78 is 37.8. The smallest absolute Gasteiger partial charge is 0.291 e. The molecule has 0 radical (unpaired) electrons. The van der Waals surface area contributed by atoms with Gasteiger partial charge in [-0.25, -0.2) is 4.39 Å². The first-order valence-corrected chi connectivity index (χ1v) is 4.61. The van der Waals surface area contributed by atoms with E-state index in [1.54, 1.807) is 0 Å². The zero-order valence-electron chi connectivity index (χ0n) is 7.24. The highest BCUT2D eigenvalue weighted by molar-refractivity contribution is 6.33. The van der Waals surface area contributed by atoms with E-state index < -0.39 is 23.4 Å². The molecule has 0 aliphatic rings. The highest BCUT2D eigenvalue weighted by atomic mass is 35.5. The van der Waals surface area contributed by atoms with Crippen molar-refractivity contribution < 1.29 is 18.0 Å². The van der Waals surface area contributed by atoms with Crippen LogP contribution in [-0.2, 0) is 11.2 Å². The van der Waals surface area contributed by atoms with Crippen LogP contribution < -0.4 is 0 Å². The van der Waals surface area contributed by atoms with Crippen LogP contribution >= 0.6 is 23.2 Å². The Hall–Kier alpha value is -0.740. The Bertz CT molecular complexity index is 387. The van der Waals surface area contributed by atoms with E-state index in [1.165, 1.54) is 18.2 Å². The van der Waals surface area contributed by atoms with Crippen molar-refractivity contribution in [3.05, 3.63) is 34.6 Å². The van der Waals surface area contributed by atoms with Crippen molar-refractivity contribution >= 4 is 29.0 Å². The lowest BCUT2D eigenvalue weighted by Gasteiger charge is -2.07. The van der Waals surface area contributed by atoms with Crippen LogP contribution in [0.1, 0.15) is 5.56 Å². The molecule has 15 heavy (non-hydrogen) atoms. The molecule has 0 saturated heterocycles. The van der Waals surface area contributed by atoms with Crippen LogP contribution in [0.4, 0.5) is 13.2 Å². The van der Waals surface area contributed by atoms with E-state index in [9.17, 15) is 18.0 Å². The molecule has 0 amide bonds. The second-order valence-electron chi connectivity index (χ2n) is 2.81. The number of rotatable bonds is 3. The van der Waals surface area contributed by atoms with Crippen LogP contribution in [0.15, 0.2) is 18.2 Å². The molecule has 0 heterocycles. The minimum Gasteiger partial charge on any atom is -0.291 e. The highest BCUT2D eigenvalue weighted by Gasteiger charge is 2.35. The number of alkyl halides is 3. The monoisotopic (exact) mass is 256 g/mol. The van der Waals surface area contributed by atoms with Gasteiger partial charge in [0.05, 0.1) is 5.02 Å². The second kappa shape index (κ2) is 4.41. The van der Waals surface area contributed by atoms with Crippen LogP contribution in [0.3, 0.4) is 0 Å². The molecule has 1 aromatic rings. The van der Waals surface area contributed by atoms with Crippen LogP contribution in [0.25, 0.3) is 0 Å². The molecule has 0 atom stereocenters. The van der Waals surface area contributed by atoms with Gasteiger partial charge < -0.3 is 0 Å². The molecule has 0 aromatic heterocycles. The van der Waals surface area contributed by atoms with E-state index in [2.05, 4.69) is 11.6 Å². The molecular weight excluding hydrogens is 252 g/mol. The average Bonchev–Trinajstić information content (AvgIpc) is 2.11. The van der Waals surface area contributed by atoms with Crippen molar-refractivity contribution in [2.75, 3.05) is 0 Å². The zero-order chi connectivity index (χ0) is 11.6. The molecule has 0 fully saturated rings. The minimum absolute atomic E-state index is 0.201. The maximum absolute atomic E-state index is 13.2. The van der Waals surface area contributed by atoms with Gasteiger partial charge in [0, 0.05) is 6.42 Å². The lowest BCUT2D eigenvalue weighted by atomic mass is 10.1. The summed E-state index contributed by atoms with van der Waals surface area (Å²) >= 11 is 9.89. The second-order valence-corrected chi connectivity index (χ2v) is 3.69. The van der Waals surface area contributed by atoms with E-state index in [0.29, 0.717) is 0 Å². The number of hydrogen-bond donors (Lipinski definition) is 0. The molecule has 6 heteroatoms. The Kier molecular flexibility index (Phi) is 3.62. The highest BCUT2D eigenvalue weighted by Crippen LogP contribution is 2.24. The third-order valence-electron chi connectivity index (χ3n) is 1.70. The van der Waals surface area contributed by atoms with E-state index in [4.69, 9.17) is 11.6 Å². The van der Waals surface area contributed by atoms with Gasteiger partial charge in [-0.3, -0.25) is 4.79 Å². The first kappa shape index (κ1) is 12.3. The molecule has 82 valence electrons. The number of halogens is 5. The van der Waals surface area contributed by atoms with Crippen molar-refractivity contribution in [1.82, 2.24) is 0 Å². The van der Waals surface area contributed by atoms with E-state index in [1.807, 2.05) is 0 Å². The number of ketones is 1. The van der Waals surface area contributed by atoms with Crippen molar-refractivity contribution in [2.24, 2.45) is 0 Å². The summed E-state index contributed by atoms with van der Waals surface area (Å²) in [6.07, 6.45) is -0.789. The Labute approximate surface area is 93.8 Å². The maximum atomic E-state index is 13.2. The molecule has 1 rings (SSSR count). The first-order valence-electron chi connectivity index (χ1n) is 3.85. The summed E-state index contributed by atoms with van der Waals surface area (Å²) in [5.74, 6) is -2.45. The fourth-order valence-corrected chi connectivity index (χ4v) is 1.22. The Balaban J connectivity index is 2.91. The normalized spacial score (nSPS) is 11.5. The van der Waals surface area contributed by atoms with Gasteiger partial charge in [-0.15, -0.1) is 0 Å². The molecule has 0 bridgehead atoms. The van der Waals surface area contributed by atoms with Crippen molar-refractivity contribution in [2.45, 2.75) is 11.8 Å². The van der Waals surface area contributed by atoms with Crippen LogP contribution in [0.5, 0.6) is 0 Å². The van der Waals surface area contributed by atoms with Gasteiger partial charge >= 0.3 is 5.38 Å². The lowest BCUT2D eigenvalue weighted by Crippen LogP contribution is -2.23. The van der Waals surface area contributed by atoms with Gasteiger partial charge in [-0.05, 0) is 23.2 Å². The number of carbonyl (C=O) groups is 1. The standard InChI is InChI=1S/C9H5Cl2F3O/c10-6-3-1-2-5(8(6)12)4-7(15)9(11,13)14/h1-3H,4H2. The molecule has 0 aliphatic heterocycles. The fraction of sp³-hybridized carbons (Fsp3) is 0.222. The summed E-state index contributed by atoms with van der Waals surface area (Å²) in [4.78, 5) is 10.8. The predicted octanol–water partition coefficient (Wildman–Crippen LogP) is 3.42. The quantitative estimate of drug-likeness (QED) is 0.758. The third kappa shape index (κ3) is 3.11. The molecule has 0 N–H and O–H groups in total. The van der Waals surface area contributed by atoms with Gasteiger partial charge in [0.15, 0.2) is 0 Å². The summed E-state index contributed by atoms with van der Waals surface area (Å²) in [6, 6.07) is 3.81. The summed E-state index contributed by atoms with van der Waals surface area (Å²) in [5, 5.41) is -4.20. The Morgan fingerprint density at radius 2 is 2.00 bits per heavy atom. The van der Waals surface area contributed by atoms with Crippen LogP contribution in [0, 0.1) is 5.82 Å². The molecular formula is C9H5Cl2F3O. The van der Waals surface area contributed by atoms with E-state index in [-0.39, 0.29) is 10.6 Å². The van der Waals surface area contributed by atoms with Gasteiger partial charge in [-0.2, -0.15) is 8.78 Å². The van der Waals surface area contributed by atoms with Crippen LogP contribution in [-0.4, -0.2) is 11.2 Å². The van der Waals surface area contributed by atoms with E-state index in [0.717, 1.165) is 0 Å². The molecule has 0 saturated carbocycles. The van der Waals surface area contributed by atoms with Gasteiger partial charge in [-0.1, -0.05) is 23.7 Å². The number of Topliss-reactive ketones (excluding diaryl/α,β-unsaturated/α-hetero) is 1. The Morgan fingerprint density at radius 1 is 1.40 bits per heavy atom. The van der Waals surface area contributed by atoms with Gasteiger partial charge in [0.1, 0.15) is 5.82 Å². The van der Waals surface area contributed by atoms with Crippen molar-refractivity contribution in [3.63, 3.8) is 0 Å². The van der Waals surface area contributed by atoms with Gasteiger partial charge in [0.2, 0.25) is 5.78 Å². The number of hydrogen-bond acceptors (Lipinski definition) is 1. The molecule has 0 unspecified atom stereocenters. The summed E-state index contributed by atoms with van der Waals surface area (Å²) in [7, 11) is 0.